The highest BCUT2D eigenvalue weighted by Crippen LogP contribution is 2.23. The maximum Gasteiger partial charge on any atom is 0.429 e. The predicted molar refractivity (Wildman–Crippen MR) is 97.6 cm³/mol. The van der Waals surface area contributed by atoms with E-state index in [9.17, 15) is 9.59 Å². The molecule has 8 heteroatoms. The maximum absolute atomic E-state index is 12.4. The SMILES string of the molecule is CC(C)(C)OC(=O)NN(Cc1ccc(Cl)c(Cl)c1)C(=O)OC(C)(C)C. The normalized spacial score (nSPS) is 11.7. The molecule has 25 heavy (non-hydrogen) atoms. The van der Waals surface area contributed by atoms with E-state index in [2.05, 4.69) is 5.43 Å². The highest BCUT2D eigenvalue weighted by molar-refractivity contribution is 6.42. The van der Waals surface area contributed by atoms with E-state index < -0.39 is 23.4 Å². The highest BCUT2D eigenvalue weighted by Gasteiger charge is 2.26. The lowest BCUT2D eigenvalue weighted by Gasteiger charge is -2.29. The zero-order valence-electron chi connectivity index (χ0n) is 15.3. The first-order valence-corrected chi connectivity index (χ1v) is 8.46. The molecule has 0 aliphatic carbocycles. The molecule has 1 rings (SSSR count). The average Bonchev–Trinajstić information content (AvgIpc) is 2.38. The van der Waals surface area contributed by atoms with Gasteiger partial charge in [-0.05, 0) is 59.2 Å². The number of halogens is 2. The monoisotopic (exact) mass is 390 g/mol. The summed E-state index contributed by atoms with van der Waals surface area (Å²) in [6, 6.07) is 4.92. The third-order valence-corrected chi connectivity index (χ3v) is 3.30. The van der Waals surface area contributed by atoms with Crippen molar-refractivity contribution in [3.63, 3.8) is 0 Å². The van der Waals surface area contributed by atoms with Crippen LogP contribution >= 0.6 is 23.2 Å². The van der Waals surface area contributed by atoms with Crippen molar-refractivity contribution >= 4 is 35.4 Å². The smallest absolute Gasteiger partial charge is 0.429 e. The first-order chi connectivity index (χ1) is 11.3. The molecule has 2 amide bonds. The van der Waals surface area contributed by atoms with E-state index in [0.717, 1.165) is 5.01 Å². The van der Waals surface area contributed by atoms with Crippen LogP contribution in [0.1, 0.15) is 47.1 Å². The first kappa shape index (κ1) is 21.4. The molecule has 140 valence electrons. The Morgan fingerprint density at radius 3 is 2.04 bits per heavy atom. The van der Waals surface area contributed by atoms with E-state index >= 15 is 0 Å². The third-order valence-electron chi connectivity index (χ3n) is 2.56. The molecule has 0 spiro atoms. The average molecular weight is 391 g/mol. The minimum atomic E-state index is -0.765. The number of nitrogens with zero attached hydrogens (tertiary/aromatic N) is 1. The van der Waals surface area contributed by atoms with Gasteiger partial charge in [0.1, 0.15) is 11.2 Å². The fraction of sp³-hybridized carbons (Fsp3) is 0.529. The van der Waals surface area contributed by atoms with Gasteiger partial charge in [0, 0.05) is 0 Å². The summed E-state index contributed by atoms with van der Waals surface area (Å²) in [7, 11) is 0. The molecule has 1 aromatic carbocycles. The van der Waals surface area contributed by atoms with E-state index in [4.69, 9.17) is 32.7 Å². The molecule has 1 N–H and O–H groups in total. The molecule has 0 saturated heterocycles. The van der Waals surface area contributed by atoms with Crippen LogP contribution in [0, 0.1) is 0 Å². The number of hydrogen-bond donors (Lipinski definition) is 1. The minimum absolute atomic E-state index is 0.0328. The van der Waals surface area contributed by atoms with Crippen molar-refractivity contribution in [2.75, 3.05) is 0 Å². The molecule has 0 radical (unpaired) electrons. The Hall–Kier alpha value is -1.66. The summed E-state index contributed by atoms with van der Waals surface area (Å²) in [5.41, 5.74) is 1.64. The van der Waals surface area contributed by atoms with Gasteiger partial charge in [0.2, 0.25) is 0 Å². The molecular formula is C17H24Cl2N2O4. The summed E-state index contributed by atoms with van der Waals surface area (Å²) < 4.78 is 10.5. The largest absolute Gasteiger partial charge is 0.443 e. The molecule has 0 aliphatic rings. The van der Waals surface area contributed by atoms with E-state index in [0.29, 0.717) is 15.6 Å². The van der Waals surface area contributed by atoms with E-state index in [-0.39, 0.29) is 6.54 Å². The molecule has 0 heterocycles. The Labute approximate surface area is 158 Å². The quantitative estimate of drug-likeness (QED) is 0.707. The van der Waals surface area contributed by atoms with Gasteiger partial charge in [-0.3, -0.25) is 0 Å². The molecule has 0 saturated carbocycles. The Morgan fingerprint density at radius 2 is 1.56 bits per heavy atom. The lowest BCUT2D eigenvalue weighted by molar-refractivity contribution is -0.000654. The van der Waals surface area contributed by atoms with Gasteiger partial charge in [0.15, 0.2) is 0 Å². The van der Waals surface area contributed by atoms with Crippen LogP contribution in [0.4, 0.5) is 9.59 Å². The summed E-state index contributed by atoms with van der Waals surface area (Å²) in [4.78, 5) is 24.4. The Bertz CT molecular complexity index is 637. The van der Waals surface area contributed by atoms with E-state index in [1.54, 1.807) is 59.7 Å². The van der Waals surface area contributed by atoms with E-state index in [1.807, 2.05) is 0 Å². The maximum atomic E-state index is 12.4. The summed E-state index contributed by atoms with van der Waals surface area (Å²) in [5, 5.41) is 1.77. The number of benzene rings is 1. The molecule has 0 atom stereocenters. The number of rotatable bonds is 2. The predicted octanol–water partition coefficient (Wildman–Crippen LogP) is 5.17. The van der Waals surface area contributed by atoms with Gasteiger partial charge in [-0.25, -0.2) is 20.0 Å². The lowest BCUT2D eigenvalue weighted by Crippen LogP contribution is -2.49. The third kappa shape index (κ3) is 8.31. The van der Waals surface area contributed by atoms with Gasteiger partial charge in [-0.2, -0.15) is 0 Å². The molecule has 0 unspecified atom stereocenters. The topological polar surface area (TPSA) is 67.9 Å². The highest BCUT2D eigenvalue weighted by atomic mass is 35.5. The number of carbonyl (C=O) groups excluding carboxylic acids is 2. The number of ether oxygens (including phenoxy) is 2. The number of nitrogens with one attached hydrogen (secondary N) is 1. The molecule has 0 aliphatic heterocycles. The Balaban J connectivity index is 2.95. The van der Waals surface area contributed by atoms with Crippen LogP contribution in [0.2, 0.25) is 10.0 Å². The number of hydrazine groups is 1. The molecule has 6 nitrogen and oxygen atoms in total. The fourth-order valence-corrected chi connectivity index (χ4v) is 2.02. The van der Waals surface area contributed by atoms with Crippen LogP contribution in [0.5, 0.6) is 0 Å². The molecular weight excluding hydrogens is 367 g/mol. The molecule has 0 aromatic heterocycles. The van der Waals surface area contributed by atoms with Gasteiger partial charge in [0.05, 0.1) is 16.6 Å². The number of hydrogen-bond acceptors (Lipinski definition) is 4. The second-order valence-electron chi connectivity index (χ2n) is 7.43. The summed E-state index contributed by atoms with van der Waals surface area (Å²) in [6.07, 6.45) is -1.48. The summed E-state index contributed by atoms with van der Waals surface area (Å²) in [6.45, 7) is 10.4. The summed E-state index contributed by atoms with van der Waals surface area (Å²) in [5.74, 6) is 0. The van der Waals surface area contributed by atoms with Crippen molar-refractivity contribution in [2.45, 2.75) is 59.3 Å². The van der Waals surface area contributed by atoms with Crippen LogP contribution < -0.4 is 5.43 Å². The van der Waals surface area contributed by atoms with Crippen molar-refractivity contribution < 1.29 is 19.1 Å². The molecule has 1 aromatic rings. The zero-order valence-corrected chi connectivity index (χ0v) is 16.8. The van der Waals surface area contributed by atoms with Crippen molar-refractivity contribution in [3.8, 4) is 0 Å². The summed E-state index contributed by atoms with van der Waals surface area (Å²) >= 11 is 11.9. The fourth-order valence-electron chi connectivity index (χ4n) is 1.70. The van der Waals surface area contributed by atoms with Crippen LogP contribution in [0.25, 0.3) is 0 Å². The van der Waals surface area contributed by atoms with E-state index in [1.165, 1.54) is 0 Å². The van der Waals surface area contributed by atoms with Gasteiger partial charge < -0.3 is 9.47 Å². The van der Waals surface area contributed by atoms with Crippen LogP contribution in [0.3, 0.4) is 0 Å². The zero-order chi connectivity index (χ0) is 19.4. The lowest BCUT2D eigenvalue weighted by atomic mass is 10.2. The number of amides is 2. The minimum Gasteiger partial charge on any atom is -0.443 e. The number of carbonyl (C=O) groups is 2. The Kier molecular flexibility index (Phi) is 6.97. The second-order valence-corrected chi connectivity index (χ2v) is 8.24. The van der Waals surface area contributed by atoms with Gasteiger partial charge in [-0.15, -0.1) is 0 Å². The van der Waals surface area contributed by atoms with Crippen LogP contribution in [-0.2, 0) is 16.0 Å². The van der Waals surface area contributed by atoms with Crippen LogP contribution in [-0.4, -0.2) is 28.4 Å². The van der Waals surface area contributed by atoms with Crippen molar-refractivity contribution in [2.24, 2.45) is 0 Å². The standard InChI is InChI=1S/C17H24Cl2N2O4/c1-16(2,3)24-14(22)20-21(15(23)25-17(4,5)6)10-11-7-8-12(18)13(19)9-11/h7-9H,10H2,1-6H3,(H,20,22). The second kappa shape index (κ2) is 8.15. The van der Waals surface area contributed by atoms with Gasteiger partial charge >= 0.3 is 12.2 Å². The first-order valence-electron chi connectivity index (χ1n) is 7.71. The Morgan fingerprint density at radius 1 is 1.00 bits per heavy atom. The van der Waals surface area contributed by atoms with Crippen molar-refractivity contribution in [1.82, 2.24) is 10.4 Å². The van der Waals surface area contributed by atoms with Crippen molar-refractivity contribution in [1.29, 1.82) is 0 Å². The molecule has 0 fully saturated rings. The molecule has 0 bridgehead atoms. The van der Waals surface area contributed by atoms with Crippen molar-refractivity contribution in [3.05, 3.63) is 33.8 Å². The van der Waals surface area contributed by atoms with Gasteiger partial charge in [-0.1, -0.05) is 29.3 Å². The van der Waals surface area contributed by atoms with Crippen LogP contribution in [0.15, 0.2) is 18.2 Å². The van der Waals surface area contributed by atoms with Gasteiger partial charge in [0.25, 0.3) is 0 Å².